The zero-order valence-electron chi connectivity index (χ0n) is 16.8. The Hall–Kier alpha value is -1.77. The zero-order chi connectivity index (χ0) is 21.5. The van der Waals surface area contributed by atoms with Crippen LogP contribution in [-0.4, -0.2) is 38.4 Å². The van der Waals surface area contributed by atoms with E-state index < -0.39 is 0 Å². The average Bonchev–Trinajstić information content (AvgIpc) is 3.11. The number of thioether (sulfide) groups is 1. The number of hydrogen-bond donors (Lipinski definition) is 2. The standard InChI is InChI=1S/C20H25Cl2N5O2S/c1-2-27-17(11-18(28)24-14-8-9-15(21)16(22)10-14)25-26-20(27)30-12-19(29)23-13-6-4-3-5-7-13/h8-10,13H,2-7,11-12H2,1H3,(H,23,29)(H,24,28). The Balaban J connectivity index is 1.54. The Morgan fingerprint density at radius 2 is 1.90 bits per heavy atom. The first kappa shape index (κ1) is 22.9. The number of nitrogens with zero attached hydrogens (tertiary/aromatic N) is 3. The van der Waals surface area contributed by atoms with Gasteiger partial charge in [0.15, 0.2) is 5.16 Å². The Bertz CT molecular complexity index is 899. The van der Waals surface area contributed by atoms with E-state index in [9.17, 15) is 9.59 Å². The number of nitrogens with one attached hydrogen (secondary N) is 2. The molecule has 0 unspecified atom stereocenters. The van der Waals surface area contributed by atoms with Crippen LogP contribution in [0.3, 0.4) is 0 Å². The smallest absolute Gasteiger partial charge is 0.232 e. The molecule has 1 aliphatic rings. The highest BCUT2D eigenvalue weighted by molar-refractivity contribution is 7.99. The molecule has 1 aromatic carbocycles. The molecule has 2 amide bonds. The van der Waals surface area contributed by atoms with Gasteiger partial charge in [0.2, 0.25) is 11.8 Å². The molecule has 1 heterocycles. The molecule has 3 rings (SSSR count). The molecule has 1 fully saturated rings. The molecule has 7 nitrogen and oxygen atoms in total. The molecule has 0 bridgehead atoms. The van der Waals surface area contributed by atoms with Gasteiger partial charge in [0.25, 0.3) is 0 Å². The molecule has 1 aliphatic carbocycles. The van der Waals surface area contributed by atoms with E-state index in [0.29, 0.717) is 33.3 Å². The fourth-order valence-corrected chi connectivity index (χ4v) is 4.57. The second kappa shape index (κ2) is 11.0. The van der Waals surface area contributed by atoms with Crippen molar-refractivity contribution in [1.82, 2.24) is 20.1 Å². The van der Waals surface area contributed by atoms with Crippen molar-refractivity contribution in [2.75, 3.05) is 11.1 Å². The highest BCUT2D eigenvalue weighted by Crippen LogP contribution is 2.25. The van der Waals surface area contributed by atoms with Crippen molar-refractivity contribution in [2.24, 2.45) is 0 Å². The first-order valence-corrected chi connectivity index (χ1v) is 11.8. The van der Waals surface area contributed by atoms with Crippen LogP contribution in [0.1, 0.15) is 44.9 Å². The maximum Gasteiger partial charge on any atom is 0.232 e. The molecule has 0 atom stereocenters. The number of hydrogen-bond acceptors (Lipinski definition) is 5. The van der Waals surface area contributed by atoms with Crippen LogP contribution in [0.4, 0.5) is 5.69 Å². The number of carbonyl (C=O) groups is 2. The lowest BCUT2D eigenvalue weighted by molar-refractivity contribution is -0.119. The summed E-state index contributed by atoms with van der Waals surface area (Å²) < 4.78 is 1.85. The van der Waals surface area contributed by atoms with Gasteiger partial charge in [-0.25, -0.2) is 0 Å². The lowest BCUT2D eigenvalue weighted by Crippen LogP contribution is -2.37. The van der Waals surface area contributed by atoms with Crippen LogP contribution in [0.15, 0.2) is 23.4 Å². The van der Waals surface area contributed by atoms with Gasteiger partial charge < -0.3 is 15.2 Å². The van der Waals surface area contributed by atoms with Crippen LogP contribution in [0, 0.1) is 0 Å². The Labute approximate surface area is 190 Å². The van der Waals surface area contributed by atoms with Crippen molar-refractivity contribution in [2.45, 2.75) is 63.2 Å². The van der Waals surface area contributed by atoms with Gasteiger partial charge in [0, 0.05) is 18.3 Å². The summed E-state index contributed by atoms with van der Waals surface area (Å²) in [7, 11) is 0. The van der Waals surface area contributed by atoms with E-state index in [1.54, 1.807) is 18.2 Å². The molecule has 30 heavy (non-hydrogen) atoms. The van der Waals surface area contributed by atoms with Gasteiger partial charge in [-0.15, -0.1) is 10.2 Å². The molecule has 0 saturated heterocycles. The predicted octanol–water partition coefficient (Wildman–Crippen LogP) is 4.33. The molecule has 1 aromatic heterocycles. The fourth-order valence-electron chi connectivity index (χ4n) is 3.44. The highest BCUT2D eigenvalue weighted by Gasteiger charge is 2.18. The molecule has 2 aromatic rings. The van der Waals surface area contributed by atoms with Crippen molar-refractivity contribution in [3.8, 4) is 0 Å². The minimum atomic E-state index is -0.234. The van der Waals surface area contributed by atoms with E-state index in [-0.39, 0.29) is 30.0 Å². The third kappa shape index (κ3) is 6.36. The van der Waals surface area contributed by atoms with Crippen LogP contribution in [0.25, 0.3) is 0 Å². The number of carbonyl (C=O) groups excluding carboxylic acids is 2. The first-order chi connectivity index (χ1) is 14.5. The maximum absolute atomic E-state index is 12.4. The quantitative estimate of drug-likeness (QED) is 0.561. The maximum atomic E-state index is 12.4. The lowest BCUT2D eigenvalue weighted by atomic mass is 9.95. The number of rotatable bonds is 8. The second-order valence-corrected chi connectivity index (χ2v) is 8.94. The van der Waals surface area contributed by atoms with E-state index in [2.05, 4.69) is 20.8 Å². The molecular weight excluding hydrogens is 445 g/mol. The first-order valence-electron chi connectivity index (χ1n) is 10.1. The summed E-state index contributed by atoms with van der Waals surface area (Å²) in [6.45, 7) is 2.56. The van der Waals surface area contributed by atoms with E-state index in [0.717, 1.165) is 12.8 Å². The number of benzene rings is 1. The number of halogens is 2. The van der Waals surface area contributed by atoms with E-state index in [1.165, 1.54) is 31.0 Å². The monoisotopic (exact) mass is 469 g/mol. The van der Waals surface area contributed by atoms with Crippen LogP contribution >= 0.6 is 35.0 Å². The Morgan fingerprint density at radius 3 is 2.60 bits per heavy atom. The molecule has 0 aliphatic heterocycles. The number of anilines is 1. The summed E-state index contributed by atoms with van der Waals surface area (Å²) in [5.41, 5.74) is 0.561. The van der Waals surface area contributed by atoms with Crippen molar-refractivity contribution >= 4 is 52.5 Å². The van der Waals surface area contributed by atoms with Gasteiger partial charge in [0.05, 0.1) is 22.2 Å². The Kier molecular flexibility index (Phi) is 8.41. The minimum Gasteiger partial charge on any atom is -0.353 e. The van der Waals surface area contributed by atoms with Crippen molar-refractivity contribution in [3.05, 3.63) is 34.1 Å². The van der Waals surface area contributed by atoms with Gasteiger partial charge in [-0.3, -0.25) is 9.59 Å². The average molecular weight is 470 g/mol. The number of aromatic nitrogens is 3. The van der Waals surface area contributed by atoms with Crippen molar-refractivity contribution in [3.63, 3.8) is 0 Å². The van der Waals surface area contributed by atoms with E-state index in [1.807, 2.05) is 11.5 Å². The summed E-state index contributed by atoms with van der Waals surface area (Å²) in [6.07, 6.45) is 5.78. The fraction of sp³-hybridized carbons (Fsp3) is 0.500. The molecule has 0 spiro atoms. The van der Waals surface area contributed by atoms with Crippen LogP contribution in [-0.2, 0) is 22.6 Å². The van der Waals surface area contributed by atoms with Gasteiger partial charge in [-0.2, -0.15) is 0 Å². The van der Waals surface area contributed by atoms with Gasteiger partial charge in [-0.1, -0.05) is 54.2 Å². The van der Waals surface area contributed by atoms with Crippen LogP contribution < -0.4 is 10.6 Å². The molecule has 0 radical (unpaired) electrons. The SMILES string of the molecule is CCn1c(CC(=O)Nc2ccc(Cl)c(Cl)c2)nnc1SCC(=O)NC1CCCCC1. The molecule has 1 saturated carbocycles. The lowest BCUT2D eigenvalue weighted by Gasteiger charge is -2.22. The Morgan fingerprint density at radius 1 is 1.13 bits per heavy atom. The summed E-state index contributed by atoms with van der Waals surface area (Å²) in [4.78, 5) is 24.7. The van der Waals surface area contributed by atoms with Gasteiger partial charge in [0.1, 0.15) is 5.82 Å². The van der Waals surface area contributed by atoms with Crippen molar-refractivity contribution in [1.29, 1.82) is 0 Å². The summed E-state index contributed by atoms with van der Waals surface area (Å²) in [6, 6.07) is 5.19. The summed E-state index contributed by atoms with van der Waals surface area (Å²) in [5, 5.41) is 15.6. The minimum absolute atomic E-state index is 0.0106. The van der Waals surface area contributed by atoms with E-state index in [4.69, 9.17) is 23.2 Å². The van der Waals surface area contributed by atoms with Crippen molar-refractivity contribution < 1.29 is 9.59 Å². The molecule has 10 heteroatoms. The van der Waals surface area contributed by atoms with Gasteiger partial charge in [-0.05, 0) is 38.0 Å². The third-order valence-electron chi connectivity index (χ3n) is 4.93. The van der Waals surface area contributed by atoms with Crippen LogP contribution in [0.5, 0.6) is 0 Å². The second-order valence-electron chi connectivity index (χ2n) is 7.19. The topological polar surface area (TPSA) is 88.9 Å². The zero-order valence-corrected chi connectivity index (χ0v) is 19.1. The summed E-state index contributed by atoms with van der Waals surface area (Å²) in [5.74, 6) is 0.605. The number of amides is 2. The third-order valence-corrected chi connectivity index (χ3v) is 6.64. The molecular formula is C20H25Cl2N5O2S. The molecule has 2 N–H and O–H groups in total. The predicted molar refractivity (Wildman–Crippen MR) is 120 cm³/mol. The normalized spacial score (nSPS) is 14.5. The van der Waals surface area contributed by atoms with Gasteiger partial charge >= 0.3 is 0 Å². The highest BCUT2D eigenvalue weighted by atomic mass is 35.5. The van der Waals surface area contributed by atoms with Crippen LogP contribution in [0.2, 0.25) is 10.0 Å². The largest absolute Gasteiger partial charge is 0.353 e. The summed E-state index contributed by atoms with van der Waals surface area (Å²) >= 11 is 13.2. The van der Waals surface area contributed by atoms with E-state index >= 15 is 0 Å². The molecule has 162 valence electrons.